The van der Waals surface area contributed by atoms with Gasteiger partial charge < -0.3 is 5.32 Å². The maximum Gasteiger partial charge on any atom is 0.156 e. The molecule has 0 spiro atoms. The average Bonchev–Trinajstić information content (AvgIpc) is 2.96. The Hall–Kier alpha value is -0.180. The number of hydrogen-bond donors (Lipinski definition) is 1. The predicted molar refractivity (Wildman–Crippen MR) is 91.5 cm³/mol. The molecular formula is C17H32N2S. The largest absolute Gasteiger partial charge is 0.365 e. The van der Waals surface area contributed by atoms with Gasteiger partial charge in [0, 0.05) is 11.8 Å². The molecule has 116 valence electrons. The quantitative estimate of drug-likeness (QED) is 0.768. The molecule has 1 aliphatic carbocycles. The second-order valence-corrected chi connectivity index (χ2v) is 7.78. The monoisotopic (exact) mass is 296 g/mol. The van der Waals surface area contributed by atoms with Crippen LogP contribution in [-0.2, 0) is 0 Å². The predicted octanol–water partition coefficient (Wildman–Crippen LogP) is 4.70. The highest BCUT2D eigenvalue weighted by atomic mass is 32.2. The SMILES string of the molecule is CCC1CCC(CNC2=NCC(C(CC)CC)S2)CC1. The lowest BCUT2D eigenvalue weighted by molar-refractivity contribution is 0.269. The van der Waals surface area contributed by atoms with Crippen molar-refractivity contribution in [3.05, 3.63) is 0 Å². The Bertz CT molecular complexity index is 304. The van der Waals surface area contributed by atoms with Crippen LogP contribution in [0.5, 0.6) is 0 Å². The topological polar surface area (TPSA) is 24.4 Å². The summed E-state index contributed by atoms with van der Waals surface area (Å²) >= 11 is 2.00. The van der Waals surface area contributed by atoms with E-state index in [0.29, 0.717) is 0 Å². The summed E-state index contributed by atoms with van der Waals surface area (Å²) in [4.78, 5) is 4.72. The van der Waals surface area contributed by atoms with Crippen LogP contribution in [0.2, 0.25) is 0 Å². The van der Waals surface area contributed by atoms with Gasteiger partial charge in [-0.3, -0.25) is 4.99 Å². The molecule has 0 aromatic heterocycles. The Balaban J connectivity index is 1.66. The molecule has 3 heteroatoms. The Kier molecular flexibility index (Phi) is 6.73. The molecule has 1 heterocycles. The fourth-order valence-electron chi connectivity index (χ4n) is 3.62. The van der Waals surface area contributed by atoms with Gasteiger partial charge in [-0.15, -0.1) is 0 Å². The Labute approximate surface area is 129 Å². The van der Waals surface area contributed by atoms with Crippen molar-refractivity contribution < 1.29 is 0 Å². The molecule has 0 aromatic carbocycles. The number of hydrogen-bond acceptors (Lipinski definition) is 3. The molecule has 0 radical (unpaired) electrons. The maximum absolute atomic E-state index is 4.72. The molecule has 1 atom stereocenters. The highest BCUT2D eigenvalue weighted by molar-refractivity contribution is 8.14. The lowest BCUT2D eigenvalue weighted by Gasteiger charge is -2.28. The third-order valence-corrected chi connectivity index (χ3v) is 6.67. The second kappa shape index (κ2) is 8.31. The highest BCUT2D eigenvalue weighted by Gasteiger charge is 2.26. The Morgan fingerprint density at radius 3 is 2.35 bits per heavy atom. The van der Waals surface area contributed by atoms with Gasteiger partial charge in [0.1, 0.15) is 0 Å². The van der Waals surface area contributed by atoms with Crippen LogP contribution in [0.3, 0.4) is 0 Å². The molecule has 0 aromatic rings. The van der Waals surface area contributed by atoms with Crippen molar-refractivity contribution in [3.63, 3.8) is 0 Å². The first-order chi connectivity index (χ1) is 9.76. The Morgan fingerprint density at radius 2 is 1.75 bits per heavy atom. The van der Waals surface area contributed by atoms with Gasteiger partial charge in [0.15, 0.2) is 5.17 Å². The van der Waals surface area contributed by atoms with Crippen LogP contribution in [-0.4, -0.2) is 23.5 Å². The van der Waals surface area contributed by atoms with E-state index in [-0.39, 0.29) is 0 Å². The van der Waals surface area contributed by atoms with Crippen LogP contribution < -0.4 is 5.32 Å². The van der Waals surface area contributed by atoms with E-state index in [1.54, 1.807) is 0 Å². The van der Waals surface area contributed by atoms with E-state index in [9.17, 15) is 0 Å². The molecule has 0 bridgehead atoms. The molecule has 1 fully saturated rings. The van der Waals surface area contributed by atoms with Gasteiger partial charge in [0.25, 0.3) is 0 Å². The van der Waals surface area contributed by atoms with Crippen LogP contribution in [0.1, 0.15) is 65.7 Å². The number of rotatable bonds is 6. The van der Waals surface area contributed by atoms with E-state index in [4.69, 9.17) is 4.99 Å². The van der Waals surface area contributed by atoms with Crippen LogP contribution in [0, 0.1) is 17.8 Å². The summed E-state index contributed by atoms with van der Waals surface area (Å²) < 4.78 is 0. The van der Waals surface area contributed by atoms with E-state index in [2.05, 4.69) is 26.1 Å². The zero-order valence-corrected chi connectivity index (χ0v) is 14.3. The smallest absolute Gasteiger partial charge is 0.156 e. The minimum Gasteiger partial charge on any atom is -0.365 e. The number of thioether (sulfide) groups is 1. The molecule has 1 aliphatic heterocycles. The highest BCUT2D eigenvalue weighted by Crippen LogP contribution is 2.32. The third kappa shape index (κ3) is 4.41. The fraction of sp³-hybridized carbons (Fsp3) is 0.941. The second-order valence-electron chi connectivity index (χ2n) is 6.55. The minimum absolute atomic E-state index is 0.725. The maximum atomic E-state index is 4.72. The van der Waals surface area contributed by atoms with Crippen molar-refractivity contribution in [1.82, 2.24) is 5.32 Å². The first-order valence-corrected chi connectivity index (χ1v) is 9.59. The van der Waals surface area contributed by atoms with Gasteiger partial charge in [-0.05, 0) is 30.6 Å². The molecule has 0 saturated heterocycles. The van der Waals surface area contributed by atoms with Gasteiger partial charge in [-0.1, -0.05) is 64.6 Å². The molecule has 2 nitrogen and oxygen atoms in total. The van der Waals surface area contributed by atoms with Crippen molar-refractivity contribution >= 4 is 16.9 Å². The zero-order valence-electron chi connectivity index (χ0n) is 13.5. The van der Waals surface area contributed by atoms with E-state index in [1.807, 2.05) is 11.8 Å². The zero-order chi connectivity index (χ0) is 14.4. The lowest BCUT2D eigenvalue weighted by atomic mass is 9.81. The van der Waals surface area contributed by atoms with Crippen molar-refractivity contribution in [1.29, 1.82) is 0 Å². The standard InChI is InChI=1S/C17H32N2S/c1-4-13-7-9-14(10-8-13)11-18-17-19-12-16(20-17)15(5-2)6-3/h13-16H,4-12H2,1-3H3,(H,18,19). The van der Waals surface area contributed by atoms with Gasteiger partial charge in [0.05, 0.1) is 6.54 Å². The molecule has 1 N–H and O–H groups in total. The van der Waals surface area contributed by atoms with Crippen molar-refractivity contribution in [2.45, 2.75) is 71.0 Å². The molecule has 0 amide bonds. The van der Waals surface area contributed by atoms with Crippen molar-refractivity contribution in [3.8, 4) is 0 Å². The molecule has 2 rings (SSSR count). The van der Waals surface area contributed by atoms with Gasteiger partial charge in [-0.25, -0.2) is 0 Å². The molecular weight excluding hydrogens is 264 g/mol. The Morgan fingerprint density at radius 1 is 1.10 bits per heavy atom. The van der Waals surface area contributed by atoms with Crippen LogP contribution in [0.25, 0.3) is 0 Å². The van der Waals surface area contributed by atoms with Crippen LogP contribution >= 0.6 is 11.8 Å². The lowest BCUT2D eigenvalue weighted by Crippen LogP contribution is -2.29. The van der Waals surface area contributed by atoms with Crippen molar-refractivity contribution in [2.75, 3.05) is 13.1 Å². The summed E-state index contributed by atoms with van der Waals surface area (Å²) in [6, 6.07) is 0. The summed E-state index contributed by atoms with van der Waals surface area (Å²) in [7, 11) is 0. The van der Waals surface area contributed by atoms with Crippen LogP contribution in [0.15, 0.2) is 4.99 Å². The summed E-state index contributed by atoms with van der Waals surface area (Å²) in [6.07, 6.45) is 9.67. The first-order valence-electron chi connectivity index (χ1n) is 8.71. The molecule has 1 unspecified atom stereocenters. The first kappa shape index (κ1) is 16.2. The minimum atomic E-state index is 0.725. The van der Waals surface area contributed by atoms with E-state index >= 15 is 0 Å². The summed E-state index contributed by atoms with van der Waals surface area (Å²) in [6.45, 7) is 9.14. The van der Waals surface area contributed by atoms with E-state index in [0.717, 1.165) is 36.1 Å². The number of nitrogens with one attached hydrogen (secondary N) is 1. The van der Waals surface area contributed by atoms with Gasteiger partial charge in [0.2, 0.25) is 0 Å². The van der Waals surface area contributed by atoms with E-state index in [1.165, 1.54) is 50.1 Å². The number of aliphatic imine (C=N–C) groups is 1. The van der Waals surface area contributed by atoms with Gasteiger partial charge in [-0.2, -0.15) is 0 Å². The average molecular weight is 297 g/mol. The normalized spacial score (nSPS) is 30.6. The molecule has 1 saturated carbocycles. The number of amidine groups is 1. The van der Waals surface area contributed by atoms with Gasteiger partial charge >= 0.3 is 0 Å². The number of nitrogens with zero attached hydrogens (tertiary/aromatic N) is 1. The summed E-state index contributed by atoms with van der Waals surface area (Å²) in [5.41, 5.74) is 0. The molecule has 2 aliphatic rings. The van der Waals surface area contributed by atoms with Crippen molar-refractivity contribution in [2.24, 2.45) is 22.7 Å². The fourth-order valence-corrected chi connectivity index (χ4v) is 4.95. The third-order valence-electron chi connectivity index (χ3n) is 5.34. The summed E-state index contributed by atoms with van der Waals surface area (Å²) in [5.74, 6) is 2.72. The van der Waals surface area contributed by atoms with Crippen LogP contribution in [0.4, 0.5) is 0 Å². The molecule has 20 heavy (non-hydrogen) atoms. The summed E-state index contributed by atoms with van der Waals surface area (Å²) in [5, 5.41) is 5.58. The van der Waals surface area contributed by atoms with E-state index < -0.39 is 0 Å².